The lowest BCUT2D eigenvalue weighted by Crippen LogP contribution is -2.09. The Balaban J connectivity index is 2.88. The summed E-state index contributed by atoms with van der Waals surface area (Å²) in [6.45, 7) is 1.92. The highest BCUT2D eigenvalue weighted by molar-refractivity contribution is 6.30. The van der Waals surface area contributed by atoms with Crippen molar-refractivity contribution in [3.05, 3.63) is 33.0 Å². The van der Waals surface area contributed by atoms with Crippen molar-refractivity contribution in [1.82, 2.24) is 4.98 Å². The molecule has 0 N–H and O–H groups in total. The molecule has 1 aromatic rings. The second kappa shape index (κ2) is 5.41. The van der Waals surface area contributed by atoms with Crippen LogP contribution in [0.25, 0.3) is 0 Å². The van der Waals surface area contributed by atoms with Gasteiger partial charge in [-0.1, -0.05) is 11.6 Å². The molecule has 0 fully saturated rings. The van der Waals surface area contributed by atoms with Crippen molar-refractivity contribution in [3.63, 3.8) is 0 Å². The molecule has 1 rings (SSSR count). The summed E-state index contributed by atoms with van der Waals surface area (Å²) in [7, 11) is 0. The van der Waals surface area contributed by atoms with Crippen LogP contribution in [0.3, 0.4) is 0 Å². The summed E-state index contributed by atoms with van der Waals surface area (Å²) in [6.07, 6.45) is -0.130. The quantitative estimate of drug-likeness (QED) is 0.458. The smallest absolute Gasteiger partial charge is 0.365 e. The number of halogens is 1. The van der Waals surface area contributed by atoms with E-state index in [2.05, 4.69) is 4.98 Å². The van der Waals surface area contributed by atoms with Crippen LogP contribution in [0.4, 0.5) is 5.82 Å². The lowest BCUT2D eigenvalue weighted by Gasteiger charge is -1.99. The van der Waals surface area contributed by atoms with Crippen LogP contribution in [0.2, 0.25) is 5.02 Å². The number of carbonyl (C=O) groups is 1. The minimum Gasteiger partial charge on any atom is -0.466 e. The molecule has 0 aliphatic carbocycles. The van der Waals surface area contributed by atoms with Crippen LogP contribution in [0.1, 0.15) is 12.6 Å². The number of aromatic nitrogens is 1. The standard InChI is InChI=1S/C9H9ClN2O4/c1-2-16-9(13)5-7-3-6(10)4-8(11-7)12(14)15/h3-4H,2,5H2,1H3. The van der Waals surface area contributed by atoms with Gasteiger partial charge in [-0.3, -0.25) is 4.79 Å². The van der Waals surface area contributed by atoms with Gasteiger partial charge in [0.05, 0.1) is 17.7 Å². The van der Waals surface area contributed by atoms with Crippen LogP contribution in [0.5, 0.6) is 0 Å². The number of pyridine rings is 1. The van der Waals surface area contributed by atoms with Crippen molar-refractivity contribution in [2.75, 3.05) is 6.61 Å². The van der Waals surface area contributed by atoms with Crippen LogP contribution in [0, 0.1) is 10.1 Å². The van der Waals surface area contributed by atoms with E-state index in [4.69, 9.17) is 16.3 Å². The molecule has 0 saturated carbocycles. The van der Waals surface area contributed by atoms with Crippen LogP contribution in [-0.2, 0) is 16.0 Å². The summed E-state index contributed by atoms with van der Waals surface area (Å²) in [6, 6.07) is 2.52. The maximum atomic E-state index is 11.1. The van der Waals surface area contributed by atoms with Gasteiger partial charge in [-0.15, -0.1) is 0 Å². The highest BCUT2D eigenvalue weighted by Gasteiger charge is 2.15. The minimum atomic E-state index is -0.666. The van der Waals surface area contributed by atoms with Gasteiger partial charge in [0.15, 0.2) is 5.69 Å². The Hall–Kier alpha value is -1.69. The van der Waals surface area contributed by atoms with Gasteiger partial charge in [0.25, 0.3) is 0 Å². The number of hydrogen-bond acceptors (Lipinski definition) is 5. The van der Waals surface area contributed by atoms with Crippen LogP contribution in [0.15, 0.2) is 12.1 Å². The number of esters is 1. The fourth-order valence-corrected chi connectivity index (χ4v) is 1.30. The van der Waals surface area contributed by atoms with Gasteiger partial charge in [-0.2, -0.15) is 0 Å². The molecule has 0 unspecified atom stereocenters. The number of rotatable bonds is 4. The van der Waals surface area contributed by atoms with Crippen molar-refractivity contribution >= 4 is 23.4 Å². The Morgan fingerprint density at radius 2 is 2.31 bits per heavy atom. The zero-order valence-electron chi connectivity index (χ0n) is 8.47. The maximum Gasteiger partial charge on any atom is 0.365 e. The molecule has 0 amide bonds. The van der Waals surface area contributed by atoms with Gasteiger partial charge in [0, 0.05) is 6.07 Å². The van der Waals surface area contributed by atoms with Crippen molar-refractivity contribution < 1.29 is 14.5 Å². The molecule has 0 aliphatic rings. The van der Waals surface area contributed by atoms with Crippen LogP contribution in [-0.4, -0.2) is 22.5 Å². The molecule has 0 bridgehead atoms. The lowest BCUT2D eigenvalue weighted by molar-refractivity contribution is -0.389. The van der Waals surface area contributed by atoms with E-state index in [0.29, 0.717) is 0 Å². The predicted octanol–water partition coefficient (Wildman–Crippen LogP) is 1.75. The average Bonchev–Trinajstić information content (AvgIpc) is 2.16. The second-order valence-electron chi connectivity index (χ2n) is 2.87. The molecule has 0 radical (unpaired) electrons. The number of nitro groups is 1. The van der Waals surface area contributed by atoms with Gasteiger partial charge < -0.3 is 14.9 Å². The molecule has 0 aromatic carbocycles. The second-order valence-corrected chi connectivity index (χ2v) is 3.31. The molecule has 86 valence electrons. The monoisotopic (exact) mass is 244 g/mol. The third-order valence-corrected chi connectivity index (χ3v) is 1.87. The first-order valence-corrected chi connectivity index (χ1v) is 4.87. The van der Waals surface area contributed by atoms with Gasteiger partial charge in [-0.05, 0) is 16.8 Å². The van der Waals surface area contributed by atoms with Crippen LogP contribution < -0.4 is 0 Å². The first kappa shape index (κ1) is 12.4. The summed E-state index contributed by atoms with van der Waals surface area (Å²) in [5, 5.41) is 10.7. The molecule has 1 heterocycles. The van der Waals surface area contributed by atoms with Gasteiger partial charge in [-0.25, -0.2) is 0 Å². The Kier molecular flexibility index (Phi) is 4.19. The normalized spacial score (nSPS) is 9.88. The van der Waals surface area contributed by atoms with Crippen LogP contribution >= 0.6 is 11.6 Å². The first-order chi connectivity index (χ1) is 7.52. The van der Waals surface area contributed by atoms with E-state index in [1.807, 2.05) is 0 Å². The molecular weight excluding hydrogens is 236 g/mol. The summed E-state index contributed by atoms with van der Waals surface area (Å²) in [5.74, 6) is -0.877. The van der Waals surface area contributed by atoms with E-state index >= 15 is 0 Å². The molecule has 16 heavy (non-hydrogen) atoms. The largest absolute Gasteiger partial charge is 0.466 e. The Morgan fingerprint density at radius 3 is 2.88 bits per heavy atom. The SMILES string of the molecule is CCOC(=O)Cc1cc(Cl)cc([N+](=O)[O-])n1. The topological polar surface area (TPSA) is 82.3 Å². The lowest BCUT2D eigenvalue weighted by atomic mass is 10.2. The highest BCUT2D eigenvalue weighted by Crippen LogP contribution is 2.17. The van der Waals surface area contributed by atoms with Gasteiger partial charge in [0.2, 0.25) is 0 Å². The fourth-order valence-electron chi connectivity index (χ4n) is 1.08. The van der Waals surface area contributed by atoms with Crippen molar-refractivity contribution in [2.24, 2.45) is 0 Å². The molecule has 0 atom stereocenters. The number of ether oxygens (including phenoxy) is 1. The van der Waals surface area contributed by atoms with Crippen molar-refractivity contribution in [3.8, 4) is 0 Å². The summed E-state index contributed by atoms with van der Waals surface area (Å²) in [5.41, 5.74) is 0.220. The van der Waals surface area contributed by atoms with Gasteiger partial charge >= 0.3 is 11.8 Å². The zero-order chi connectivity index (χ0) is 12.1. The van der Waals surface area contributed by atoms with Crippen molar-refractivity contribution in [1.29, 1.82) is 0 Å². The predicted molar refractivity (Wildman–Crippen MR) is 56.2 cm³/mol. The van der Waals surface area contributed by atoms with E-state index in [-0.39, 0.29) is 29.6 Å². The Labute approximate surface area is 96.3 Å². The van der Waals surface area contributed by atoms with E-state index in [1.165, 1.54) is 6.07 Å². The first-order valence-electron chi connectivity index (χ1n) is 4.49. The molecule has 0 saturated heterocycles. The van der Waals surface area contributed by atoms with Crippen molar-refractivity contribution in [2.45, 2.75) is 13.3 Å². The summed E-state index contributed by atoms with van der Waals surface area (Å²) < 4.78 is 4.69. The molecule has 1 aromatic heterocycles. The van der Waals surface area contributed by atoms with E-state index in [1.54, 1.807) is 6.92 Å². The Bertz CT molecular complexity index is 422. The molecule has 0 aliphatic heterocycles. The zero-order valence-corrected chi connectivity index (χ0v) is 9.23. The molecule has 0 spiro atoms. The average molecular weight is 245 g/mol. The number of nitrogens with zero attached hydrogens (tertiary/aromatic N) is 2. The van der Waals surface area contributed by atoms with E-state index in [9.17, 15) is 14.9 Å². The highest BCUT2D eigenvalue weighted by atomic mass is 35.5. The van der Waals surface area contributed by atoms with E-state index < -0.39 is 10.9 Å². The Morgan fingerprint density at radius 1 is 1.62 bits per heavy atom. The third-order valence-electron chi connectivity index (χ3n) is 1.65. The number of carbonyl (C=O) groups excluding carboxylic acids is 1. The van der Waals surface area contributed by atoms with E-state index in [0.717, 1.165) is 6.07 Å². The molecule has 7 heteroatoms. The fraction of sp³-hybridized carbons (Fsp3) is 0.333. The summed E-state index contributed by atoms with van der Waals surface area (Å²) in [4.78, 5) is 24.6. The number of hydrogen-bond donors (Lipinski definition) is 0. The molecule has 6 nitrogen and oxygen atoms in total. The minimum absolute atomic E-state index is 0.130. The van der Waals surface area contributed by atoms with Gasteiger partial charge in [0.1, 0.15) is 6.42 Å². The third kappa shape index (κ3) is 3.47. The molecular formula is C9H9ClN2O4. The summed E-state index contributed by atoms with van der Waals surface area (Å²) >= 11 is 5.66. The maximum absolute atomic E-state index is 11.1.